The van der Waals surface area contributed by atoms with Crippen molar-refractivity contribution in [3.8, 4) is 5.75 Å². The van der Waals surface area contributed by atoms with Crippen molar-refractivity contribution in [2.45, 2.75) is 38.8 Å². The van der Waals surface area contributed by atoms with E-state index in [0.717, 1.165) is 0 Å². The minimum Gasteiger partial charge on any atom is -0.550 e. The van der Waals surface area contributed by atoms with Crippen molar-refractivity contribution in [3.63, 3.8) is 0 Å². The van der Waals surface area contributed by atoms with Gasteiger partial charge in [0.2, 0.25) is 0 Å². The van der Waals surface area contributed by atoms with Gasteiger partial charge >= 0.3 is 6.09 Å². The number of amides is 1. The summed E-state index contributed by atoms with van der Waals surface area (Å²) in [6.45, 7) is 5.19. The fraction of sp³-hybridized carbons (Fsp3) is 0.467. The molecule has 0 aliphatic carbocycles. The second-order valence-corrected chi connectivity index (χ2v) is 5.55. The number of rotatable bonds is 5. The van der Waals surface area contributed by atoms with Crippen molar-refractivity contribution in [3.05, 3.63) is 29.8 Å². The molecule has 0 aliphatic rings. The van der Waals surface area contributed by atoms with E-state index in [1.54, 1.807) is 45.0 Å². The minimum atomic E-state index is -1.26. The van der Waals surface area contributed by atoms with E-state index in [4.69, 9.17) is 9.47 Å². The lowest BCUT2D eigenvalue weighted by Gasteiger charge is -2.24. The number of carbonyl (C=O) groups is 2. The van der Waals surface area contributed by atoms with Gasteiger partial charge in [-0.05, 0) is 38.5 Å². The molecule has 0 fully saturated rings. The minimum absolute atomic E-state index is 0.342. The van der Waals surface area contributed by atoms with E-state index >= 15 is 0 Å². The van der Waals surface area contributed by atoms with Crippen LogP contribution < -0.4 is 15.2 Å². The summed E-state index contributed by atoms with van der Waals surface area (Å²) in [7, 11) is 1.53. The number of ether oxygens (including phenoxy) is 2. The number of carboxylic acids is 1. The quantitative estimate of drug-likeness (QED) is 0.887. The molecular weight excluding hydrogens is 274 g/mol. The molecule has 1 rings (SSSR count). The molecule has 0 saturated carbocycles. The summed E-state index contributed by atoms with van der Waals surface area (Å²) < 4.78 is 10.2. The van der Waals surface area contributed by atoms with Crippen molar-refractivity contribution >= 4 is 12.1 Å². The SMILES string of the molecule is COc1ccc([C@@H](CC(=O)[O-])NC(=O)OC(C)(C)C)cc1. The Balaban J connectivity index is 2.84. The lowest BCUT2D eigenvalue weighted by Crippen LogP contribution is -2.37. The number of hydrogen-bond donors (Lipinski definition) is 1. The van der Waals surface area contributed by atoms with Crippen LogP contribution in [0.25, 0.3) is 0 Å². The van der Waals surface area contributed by atoms with E-state index in [9.17, 15) is 14.7 Å². The Morgan fingerprint density at radius 2 is 1.81 bits per heavy atom. The van der Waals surface area contributed by atoms with E-state index in [1.807, 2.05) is 0 Å². The molecule has 21 heavy (non-hydrogen) atoms. The number of alkyl carbamates (subject to hydrolysis) is 1. The van der Waals surface area contributed by atoms with E-state index in [-0.39, 0.29) is 6.42 Å². The predicted molar refractivity (Wildman–Crippen MR) is 74.7 cm³/mol. The van der Waals surface area contributed by atoms with E-state index in [0.29, 0.717) is 11.3 Å². The van der Waals surface area contributed by atoms with Crippen LogP contribution in [-0.2, 0) is 9.53 Å². The zero-order valence-electron chi connectivity index (χ0n) is 12.6. The fourth-order valence-corrected chi connectivity index (χ4v) is 1.70. The Hall–Kier alpha value is -2.24. The van der Waals surface area contributed by atoms with Gasteiger partial charge in [-0.15, -0.1) is 0 Å². The van der Waals surface area contributed by atoms with Gasteiger partial charge in [0.15, 0.2) is 0 Å². The van der Waals surface area contributed by atoms with Gasteiger partial charge in [-0.3, -0.25) is 0 Å². The molecule has 0 bridgehead atoms. The molecule has 1 atom stereocenters. The van der Waals surface area contributed by atoms with Crippen LogP contribution in [-0.4, -0.2) is 24.8 Å². The molecule has 0 aromatic heterocycles. The highest BCUT2D eigenvalue weighted by atomic mass is 16.6. The molecule has 1 N–H and O–H groups in total. The number of carboxylic acid groups (broad SMARTS) is 1. The molecule has 1 amide bonds. The van der Waals surface area contributed by atoms with Crippen LogP contribution in [0.3, 0.4) is 0 Å². The van der Waals surface area contributed by atoms with Crippen LogP contribution in [0.2, 0.25) is 0 Å². The molecule has 1 aromatic carbocycles. The summed E-state index contributed by atoms with van der Waals surface area (Å²) in [5.74, 6) is -0.616. The molecule has 6 heteroatoms. The highest BCUT2D eigenvalue weighted by Gasteiger charge is 2.20. The van der Waals surface area contributed by atoms with Crippen molar-refractivity contribution < 1.29 is 24.2 Å². The Labute approximate surface area is 124 Å². The number of methoxy groups -OCH3 is 1. The highest BCUT2D eigenvalue weighted by Crippen LogP contribution is 2.21. The Bertz CT molecular complexity index is 490. The Morgan fingerprint density at radius 1 is 1.24 bits per heavy atom. The smallest absolute Gasteiger partial charge is 0.408 e. The van der Waals surface area contributed by atoms with E-state index < -0.39 is 23.7 Å². The zero-order chi connectivity index (χ0) is 16.0. The fourth-order valence-electron chi connectivity index (χ4n) is 1.70. The van der Waals surface area contributed by atoms with Crippen LogP contribution in [0, 0.1) is 0 Å². The molecule has 0 spiro atoms. The largest absolute Gasteiger partial charge is 0.550 e. The maximum atomic E-state index is 11.8. The number of hydrogen-bond acceptors (Lipinski definition) is 5. The second-order valence-electron chi connectivity index (χ2n) is 5.55. The predicted octanol–water partition coefficient (Wildman–Crippen LogP) is 1.40. The highest BCUT2D eigenvalue weighted by molar-refractivity contribution is 5.71. The zero-order valence-corrected chi connectivity index (χ0v) is 12.6. The van der Waals surface area contributed by atoms with Gasteiger partial charge in [0.25, 0.3) is 0 Å². The van der Waals surface area contributed by atoms with Gasteiger partial charge in [-0.2, -0.15) is 0 Å². The first kappa shape index (κ1) is 16.8. The monoisotopic (exact) mass is 294 g/mol. The molecule has 0 radical (unpaired) electrons. The first-order chi connectivity index (χ1) is 9.71. The van der Waals surface area contributed by atoms with Gasteiger partial charge in [-0.1, -0.05) is 12.1 Å². The summed E-state index contributed by atoms with van der Waals surface area (Å²) in [6.07, 6.45) is -1.02. The van der Waals surface area contributed by atoms with Crippen molar-refractivity contribution in [2.75, 3.05) is 7.11 Å². The van der Waals surface area contributed by atoms with Crippen LogP contribution in [0.1, 0.15) is 38.8 Å². The van der Waals surface area contributed by atoms with Crippen molar-refractivity contribution in [2.24, 2.45) is 0 Å². The van der Waals surface area contributed by atoms with Gasteiger partial charge in [0, 0.05) is 12.4 Å². The molecule has 0 unspecified atom stereocenters. The second kappa shape index (κ2) is 6.97. The molecule has 1 aromatic rings. The molecular formula is C15H20NO5-. The van der Waals surface area contributed by atoms with Gasteiger partial charge < -0.3 is 24.7 Å². The third-order valence-corrected chi connectivity index (χ3v) is 2.58. The lowest BCUT2D eigenvalue weighted by molar-refractivity contribution is -0.306. The average molecular weight is 294 g/mol. The first-order valence-electron chi connectivity index (χ1n) is 6.54. The normalized spacial score (nSPS) is 12.4. The molecule has 116 valence electrons. The van der Waals surface area contributed by atoms with Gasteiger partial charge in [-0.25, -0.2) is 4.79 Å². The van der Waals surface area contributed by atoms with E-state index in [2.05, 4.69) is 5.32 Å². The molecule has 0 saturated heterocycles. The average Bonchev–Trinajstić information content (AvgIpc) is 2.35. The summed E-state index contributed by atoms with van der Waals surface area (Å²) in [4.78, 5) is 22.6. The lowest BCUT2D eigenvalue weighted by atomic mass is 10.0. The van der Waals surface area contributed by atoms with Crippen LogP contribution in [0.4, 0.5) is 4.79 Å². The topological polar surface area (TPSA) is 87.7 Å². The summed E-state index contributed by atoms with van der Waals surface area (Å²) in [5, 5.41) is 13.4. The summed E-state index contributed by atoms with van der Waals surface area (Å²) >= 11 is 0. The third-order valence-electron chi connectivity index (χ3n) is 2.58. The number of carbonyl (C=O) groups excluding carboxylic acids is 2. The van der Waals surface area contributed by atoms with Crippen molar-refractivity contribution in [1.82, 2.24) is 5.32 Å². The molecule has 6 nitrogen and oxygen atoms in total. The maximum absolute atomic E-state index is 11.8. The van der Waals surface area contributed by atoms with Crippen LogP contribution in [0.15, 0.2) is 24.3 Å². The Kier molecular flexibility index (Phi) is 5.58. The Morgan fingerprint density at radius 3 is 2.24 bits per heavy atom. The maximum Gasteiger partial charge on any atom is 0.408 e. The molecule has 0 aliphatic heterocycles. The van der Waals surface area contributed by atoms with Gasteiger partial charge in [0.1, 0.15) is 11.4 Å². The van der Waals surface area contributed by atoms with Crippen LogP contribution >= 0.6 is 0 Å². The summed E-state index contributed by atoms with van der Waals surface area (Å²) in [6, 6.07) is 6.02. The summed E-state index contributed by atoms with van der Waals surface area (Å²) in [5.41, 5.74) is -0.0263. The van der Waals surface area contributed by atoms with Crippen molar-refractivity contribution in [1.29, 1.82) is 0 Å². The first-order valence-corrected chi connectivity index (χ1v) is 6.54. The third kappa shape index (κ3) is 6.16. The van der Waals surface area contributed by atoms with Gasteiger partial charge in [0.05, 0.1) is 13.2 Å². The van der Waals surface area contributed by atoms with E-state index in [1.165, 1.54) is 7.11 Å². The number of nitrogens with one attached hydrogen (secondary N) is 1. The number of benzene rings is 1. The number of aliphatic carboxylic acids is 1. The standard InChI is InChI=1S/C15H21NO5/c1-15(2,3)21-14(19)16-12(9-13(17)18)10-5-7-11(20-4)8-6-10/h5-8,12H,9H2,1-4H3,(H,16,19)(H,17,18)/p-1/t12-/m1/s1. The molecule has 0 heterocycles. The van der Waals surface area contributed by atoms with Crippen LogP contribution in [0.5, 0.6) is 5.75 Å².